The summed E-state index contributed by atoms with van der Waals surface area (Å²) in [6.07, 6.45) is 2.55. The van der Waals surface area contributed by atoms with Crippen LogP contribution >= 0.6 is 0 Å². The van der Waals surface area contributed by atoms with Crippen molar-refractivity contribution in [2.75, 3.05) is 23.0 Å². The van der Waals surface area contributed by atoms with Gasteiger partial charge in [-0.2, -0.15) is 0 Å². The molecule has 0 saturated carbocycles. The molecule has 3 aromatic rings. The number of hydrogen-bond acceptors (Lipinski definition) is 9. The van der Waals surface area contributed by atoms with E-state index in [1.54, 1.807) is 26.7 Å². The molecular weight excluding hydrogens is 584 g/mol. The van der Waals surface area contributed by atoms with Crippen molar-refractivity contribution in [3.05, 3.63) is 75.6 Å². The number of nitro groups is 1. The molecule has 2 saturated heterocycles. The largest absolute Gasteiger partial charge is 0.432 e. The highest BCUT2D eigenvalue weighted by molar-refractivity contribution is 6.71. The highest BCUT2D eigenvalue weighted by Gasteiger charge is 2.66. The number of β-lactam (4-membered cyclic amide) rings is 1. The normalized spacial score (nSPS) is 24.7. The molecule has 4 atom stereocenters. The average Bonchev–Trinajstić information content (AvgIpc) is 3.61. The zero-order chi connectivity index (χ0) is 31.4. The zero-order valence-corrected chi connectivity index (χ0v) is 25.9. The number of aromatic nitrogens is 3. The Morgan fingerprint density at radius 3 is 2.66 bits per heavy atom. The smallest absolute Gasteiger partial charge is 0.269 e. The van der Waals surface area contributed by atoms with E-state index in [9.17, 15) is 29.6 Å². The van der Waals surface area contributed by atoms with Gasteiger partial charge in [-0.25, -0.2) is 0 Å². The molecule has 0 aliphatic carbocycles. The third kappa shape index (κ3) is 5.01. The van der Waals surface area contributed by atoms with Crippen molar-refractivity contribution >= 4 is 37.2 Å². The van der Waals surface area contributed by atoms with Crippen LogP contribution in [-0.4, -0.2) is 69.2 Å². The summed E-state index contributed by atoms with van der Waals surface area (Å²) in [5.74, 6) is -0.765. The molecule has 2 N–H and O–H groups in total. The molecule has 14 heteroatoms. The molecule has 13 nitrogen and oxygen atoms in total. The number of aliphatic hydroxyl groups excluding tert-OH is 1. The van der Waals surface area contributed by atoms with Gasteiger partial charge in [-0.05, 0) is 43.3 Å². The Balaban J connectivity index is 1.37. The summed E-state index contributed by atoms with van der Waals surface area (Å²) in [4.78, 5) is 52.9. The fourth-order valence-corrected chi connectivity index (χ4v) is 9.74. The molecule has 1 aromatic heterocycles. The van der Waals surface area contributed by atoms with Crippen LogP contribution in [0.25, 0.3) is 0 Å². The van der Waals surface area contributed by atoms with Crippen LogP contribution in [-0.2, 0) is 39.4 Å². The number of carbonyl (C=O) groups is 2. The van der Waals surface area contributed by atoms with Gasteiger partial charge in [0.15, 0.2) is 13.9 Å². The van der Waals surface area contributed by atoms with Gasteiger partial charge in [0.05, 0.1) is 29.0 Å². The monoisotopic (exact) mass is 620 g/mol. The van der Waals surface area contributed by atoms with E-state index in [2.05, 4.69) is 10.3 Å². The van der Waals surface area contributed by atoms with E-state index in [0.29, 0.717) is 49.3 Å². The molecule has 3 aliphatic rings. The Morgan fingerprint density at radius 1 is 1.20 bits per heavy atom. The highest BCUT2D eigenvalue weighted by atomic mass is 28.4. The molecular formula is C30H36N6O7Si. The molecule has 2 amide bonds. The van der Waals surface area contributed by atoms with E-state index in [1.165, 1.54) is 12.1 Å². The number of carbonyl (C=O) groups excluding carboxylic acids is 2. The number of ether oxygens (including phenoxy) is 1. The van der Waals surface area contributed by atoms with E-state index in [0.717, 1.165) is 11.3 Å². The van der Waals surface area contributed by atoms with E-state index in [-0.39, 0.29) is 36.2 Å². The second-order valence-electron chi connectivity index (χ2n) is 12.4. The van der Waals surface area contributed by atoms with Crippen molar-refractivity contribution in [3.8, 4) is 0 Å². The molecule has 6 rings (SSSR count). The van der Waals surface area contributed by atoms with Gasteiger partial charge in [-0.3, -0.25) is 24.4 Å². The first-order valence-electron chi connectivity index (χ1n) is 14.8. The second kappa shape index (κ2) is 11.2. The van der Waals surface area contributed by atoms with Crippen LogP contribution in [0.3, 0.4) is 0 Å². The van der Waals surface area contributed by atoms with Crippen LogP contribution in [0.1, 0.15) is 36.6 Å². The predicted molar refractivity (Wildman–Crippen MR) is 162 cm³/mol. The summed E-state index contributed by atoms with van der Waals surface area (Å²) in [5, 5.41) is 29.3. The lowest BCUT2D eigenvalue weighted by atomic mass is 9.82. The molecule has 232 valence electrons. The minimum Gasteiger partial charge on any atom is -0.432 e. The van der Waals surface area contributed by atoms with Crippen LogP contribution in [0.2, 0.25) is 18.6 Å². The third-order valence-corrected chi connectivity index (χ3v) is 11.7. The first-order chi connectivity index (χ1) is 20.9. The molecule has 2 aromatic carbocycles. The van der Waals surface area contributed by atoms with Gasteiger partial charge in [0, 0.05) is 73.6 Å². The number of fused-ring (bicyclic) bond motifs is 2. The first kappa shape index (κ1) is 30.1. The van der Waals surface area contributed by atoms with Crippen molar-refractivity contribution in [1.82, 2.24) is 15.0 Å². The number of nitrogens with zero attached hydrogens (tertiary/aromatic N) is 6. The summed E-state index contributed by atoms with van der Waals surface area (Å²) in [5.41, 5.74) is 1.14. The number of nitro benzene ring substituents is 1. The lowest BCUT2D eigenvalue weighted by Crippen LogP contribution is -2.46. The summed E-state index contributed by atoms with van der Waals surface area (Å²) in [6, 6.07) is 11.9. The Labute approximate surface area is 255 Å². The Bertz CT molecular complexity index is 1620. The van der Waals surface area contributed by atoms with Gasteiger partial charge >= 0.3 is 0 Å². The minimum atomic E-state index is -2.94. The SMILES string of the molecule is C[C@H]1[C@H]([Si](C)(C)O)[C@@H](CCn2cc(CCO)nn2)O[C@]12C(=O)N(Cc1cccc(N3CCC3=O)c1)c1ccc([N+](=O)[O-])cc12. The maximum atomic E-state index is 14.6. The maximum Gasteiger partial charge on any atom is 0.269 e. The topological polar surface area (TPSA) is 164 Å². The number of aryl methyl sites for hydroxylation is 1. The predicted octanol–water partition coefficient (Wildman–Crippen LogP) is 2.89. The van der Waals surface area contributed by atoms with Gasteiger partial charge < -0.3 is 24.4 Å². The lowest BCUT2D eigenvalue weighted by Gasteiger charge is -2.32. The van der Waals surface area contributed by atoms with Crippen LogP contribution in [0.15, 0.2) is 48.7 Å². The van der Waals surface area contributed by atoms with E-state index < -0.39 is 30.9 Å². The molecule has 0 unspecified atom stereocenters. The Hall–Kier alpha value is -3.98. The van der Waals surface area contributed by atoms with Crippen molar-refractivity contribution in [2.24, 2.45) is 5.92 Å². The number of amides is 2. The fraction of sp³-hybridized carbons (Fsp3) is 0.467. The quantitative estimate of drug-likeness (QED) is 0.150. The van der Waals surface area contributed by atoms with Crippen molar-refractivity contribution in [3.63, 3.8) is 0 Å². The molecule has 44 heavy (non-hydrogen) atoms. The zero-order valence-electron chi connectivity index (χ0n) is 24.9. The van der Waals surface area contributed by atoms with Crippen molar-refractivity contribution in [2.45, 2.75) is 69.6 Å². The van der Waals surface area contributed by atoms with E-state index in [4.69, 9.17) is 4.74 Å². The number of hydrogen-bond donors (Lipinski definition) is 2. The number of non-ortho nitro benzene ring substituents is 1. The van der Waals surface area contributed by atoms with Crippen molar-refractivity contribution < 1.29 is 29.2 Å². The lowest BCUT2D eigenvalue weighted by molar-refractivity contribution is -0.385. The summed E-state index contributed by atoms with van der Waals surface area (Å²) in [6.45, 7) is 6.74. The average molecular weight is 621 g/mol. The van der Waals surface area contributed by atoms with Gasteiger partial charge in [-0.1, -0.05) is 24.3 Å². The summed E-state index contributed by atoms with van der Waals surface area (Å²) in [7, 11) is -2.94. The van der Waals surface area contributed by atoms with Crippen LogP contribution < -0.4 is 9.80 Å². The number of benzene rings is 2. The number of rotatable bonds is 10. The van der Waals surface area contributed by atoms with Gasteiger partial charge in [0.25, 0.3) is 11.6 Å². The first-order valence-corrected chi connectivity index (χ1v) is 17.9. The minimum absolute atomic E-state index is 0.0400. The van der Waals surface area contributed by atoms with Gasteiger partial charge in [0.2, 0.25) is 5.91 Å². The molecule has 4 heterocycles. The molecule has 1 spiro atoms. The second-order valence-corrected chi connectivity index (χ2v) is 16.4. The summed E-state index contributed by atoms with van der Waals surface area (Å²) >= 11 is 0. The Kier molecular flexibility index (Phi) is 7.64. The molecule has 3 aliphatic heterocycles. The van der Waals surface area contributed by atoms with E-state index >= 15 is 0 Å². The molecule has 0 radical (unpaired) electrons. The van der Waals surface area contributed by atoms with Crippen LogP contribution in [0.4, 0.5) is 17.1 Å². The van der Waals surface area contributed by atoms with Crippen LogP contribution in [0.5, 0.6) is 0 Å². The fourth-order valence-electron chi connectivity index (χ4n) is 7.14. The molecule has 0 bridgehead atoms. The van der Waals surface area contributed by atoms with Crippen molar-refractivity contribution in [1.29, 1.82) is 0 Å². The summed E-state index contributed by atoms with van der Waals surface area (Å²) < 4.78 is 8.45. The van der Waals surface area contributed by atoms with Gasteiger partial charge in [0.1, 0.15) is 0 Å². The third-order valence-electron chi connectivity index (χ3n) is 9.19. The highest BCUT2D eigenvalue weighted by Crippen LogP contribution is 2.60. The van der Waals surface area contributed by atoms with E-state index in [1.807, 2.05) is 44.3 Å². The maximum absolute atomic E-state index is 14.6. The number of aliphatic hydroxyl groups is 1. The van der Waals surface area contributed by atoms with Gasteiger partial charge in [-0.15, -0.1) is 5.10 Å². The molecule has 2 fully saturated rings. The standard InChI is InChI=1S/C30H36N6O7Si/c1-19-28(44(2,3)42)26(9-12-33-18-21(11-14-37)31-32-33)43-30(19)24-16-23(36(40)41)7-8-25(24)35(29(30)39)17-20-5-4-6-22(15-20)34-13-10-27(34)38/h4-8,15-16,18-19,26,28,37,42H,9-14,17H2,1-3H3/t19-,26+,28-,30+/m0/s1. The number of anilines is 2. The van der Waals surface area contributed by atoms with Crippen LogP contribution in [0, 0.1) is 16.0 Å². The Morgan fingerprint density at radius 2 is 2.00 bits per heavy atom.